The molecule has 2 rings (SSSR count). The van der Waals surface area contributed by atoms with Crippen molar-refractivity contribution in [3.05, 3.63) is 5.82 Å². The molecule has 0 aliphatic heterocycles. The lowest BCUT2D eigenvalue weighted by molar-refractivity contribution is 0.287. The topological polar surface area (TPSA) is 55.6 Å². The first-order valence-electron chi connectivity index (χ1n) is 7.61. The van der Waals surface area contributed by atoms with Crippen LogP contribution in [0.2, 0.25) is 0 Å². The van der Waals surface area contributed by atoms with E-state index in [1.165, 1.54) is 32.1 Å². The van der Waals surface area contributed by atoms with Crippen LogP contribution in [0.15, 0.2) is 0 Å². The van der Waals surface area contributed by atoms with Gasteiger partial charge in [0.15, 0.2) is 5.82 Å². The number of rotatable bonds is 5. The predicted molar refractivity (Wildman–Crippen MR) is 75.7 cm³/mol. The highest BCUT2D eigenvalue weighted by atomic mass is 15.6. The van der Waals surface area contributed by atoms with Gasteiger partial charge in [-0.25, -0.2) is 0 Å². The number of tetrazole rings is 1. The summed E-state index contributed by atoms with van der Waals surface area (Å²) in [5, 5.41) is 16.0. The largest absolute Gasteiger partial charge is 0.314 e. The van der Waals surface area contributed by atoms with E-state index in [1.54, 1.807) is 4.80 Å². The molecule has 0 bridgehead atoms. The second-order valence-electron chi connectivity index (χ2n) is 6.12. The molecule has 1 saturated carbocycles. The smallest absolute Gasteiger partial charge is 0.175 e. The van der Waals surface area contributed by atoms with Gasteiger partial charge in [0.05, 0.1) is 7.05 Å². The molecule has 1 aliphatic carbocycles. The minimum atomic E-state index is 0.568. The first kappa shape index (κ1) is 14.4. The lowest BCUT2D eigenvalue weighted by atomic mass is 9.85. The fraction of sp³-hybridized carbons (Fsp3) is 0.929. The van der Waals surface area contributed by atoms with Gasteiger partial charge in [0.2, 0.25) is 0 Å². The number of aromatic nitrogens is 4. The molecule has 0 saturated heterocycles. The van der Waals surface area contributed by atoms with Crippen molar-refractivity contribution in [3.63, 3.8) is 0 Å². The Balaban J connectivity index is 1.95. The van der Waals surface area contributed by atoms with E-state index in [4.69, 9.17) is 0 Å². The summed E-state index contributed by atoms with van der Waals surface area (Å²) >= 11 is 0. The van der Waals surface area contributed by atoms with Crippen LogP contribution in [-0.4, -0.2) is 32.8 Å². The molecular formula is C14H27N5. The number of hydrogen-bond donors (Lipinski definition) is 1. The van der Waals surface area contributed by atoms with Crippen molar-refractivity contribution in [2.75, 3.05) is 6.54 Å². The fourth-order valence-corrected chi connectivity index (χ4v) is 3.03. The van der Waals surface area contributed by atoms with E-state index in [0.717, 1.165) is 24.7 Å². The van der Waals surface area contributed by atoms with Gasteiger partial charge >= 0.3 is 0 Å². The van der Waals surface area contributed by atoms with Gasteiger partial charge in [0.1, 0.15) is 0 Å². The molecule has 19 heavy (non-hydrogen) atoms. The lowest BCUT2D eigenvalue weighted by Crippen LogP contribution is -2.33. The molecule has 0 amide bonds. The van der Waals surface area contributed by atoms with Crippen molar-refractivity contribution in [1.29, 1.82) is 0 Å². The lowest BCUT2D eigenvalue weighted by Gasteiger charge is -2.25. The van der Waals surface area contributed by atoms with Crippen LogP contribution < -0.4 is 5.32 Å². The van der Waals surface area contributed by atoms with Gasteiger partial charge in [-0.3, -0.25) is 0 Å². The number of aryl methyl sites for hydroxylation is 1. The molecule has 5 heteroatoms. The minimum Gasteiger partial charge on any atom is -0.314 e. The highest BCUT2D eigenvalue weighted by Crippen LogP contribution is 2.30. The zero-order valence-electron chi connectivity index (χ0n) is 12.5. The summed E-state index contributed by atoms with van der Waals surface area (Å²) in [6.07, 6.45) is 7.73. The van der Waals surface area contributed by atoms with Crippen molar-refractivity contribution in [2.24, 2.45) is 18.9 Å². The van der Waals surface area contributed by atoms with Gasteiger partial charge in [-0.15, -0.1) is 10.2 Å². The van der Waals surface area contributed by atoms with Crippen LogP contribution in [0.1, 0.15) is 51.8 Å². The normalized spacial score (nSPS) is 24.6. The van der Waals surface area contributed by atoms with Crippen LogP contribution in [0.3, 0.4) is 0 Å². The molecule has 5 nitrogen and oxygen atoms in total. The summed E-state index contributed by atoms with van der Waals surface area (Å²) in [6, 6.07) is 0.568. The quantitative estimate of drug-likeness (QED) is 0.827. The van der Waals surface area contributed by atoms with E-state index >= 15 is 0 Å². The number of nitrogens with one attached hydrogen (secondary N) is 1. The van der Waals surface area contributed by atoms with Crippen LogP contribution in [0.4, 0.5) is 0 Å². The second-order valence-corrected chi connectivity index (χ2v) is 6.12. The molecule has 1 aromatic rings. The summed E-state index contributed by atoms with van der Waals surface area (Å²) < 4.78 is 0. The molecule has 1 fully saturated rings. The molecule has 1 N–H and O–H groups in total. The molecule has 1 aliphatic rings. The van der Waals surface area contributed by atoms with Gasteiger partial charge in [-0.05, 0) is 36.4 Å². The van der Waals surface area contributed by atoms with E-state index < -0.39 is 0 Å². The Labute approximate surface area is 116 Å². The first-order chi connectivity index (χ1) is 9.15. The Hall–Kier alpha value is -0.970. The van der Waals surface area contributed by atoms with Crippen LogP contribution in [0.5, 0.6) is 0 Å². The zero-order chi connectivity index (χ0) is 13.7. The Bertz CT molecular complexity index is 374. The van der Waals surface area contributed by atoms with E-state index in [-0.39, 0.29) is 0 Å². The maximum absolute atomic E-state index is 4.34. The molecule has 0 spiro atoms. The molecule has 1 heterocycles. The Kier molecular flexibility index (Phi) is 5.31. The maximum atomic E-state index is 4.34. The highest BCUT2D eigenvalue weighted by Gasteiger charge is 2.25. The molecular weight excluding hydrogens is 238 g/mol. The monoisotopic (exact) mass is 265 g/mol. The molecule has 0 radical (unpaired) electrons. The Morgan fingerprint density at radius 1 is 1.21 bits per heavy atom. The third-order valence-corrected chi connectivity index (χ3v) is 4.10. The van der Waals surface area contributed by atoms with Crippen molar-refractivity contribution in [1.82, 2.24) is 25.5 Å². The molecule has 108 valence electrons. The van der Waals surface area contributed by atoms with Gasteiger partial charge in [0, 0.05) is 12.5 Å². The molecule has 2 unspecified atom stereocenters. The van der Waals surface area contributed by atoms with E-state index in [9.17, 15) is 0 Å². The maximum Gasteiger partial charge on any atom is 0.175 e. The summed E-state index contributed by atoms with van der Waals surface area (Å²) in [6.45, 7) is 5.56. The van der Waals surface area contributed by atoms with Gasteiger partial charge in [0.25, 0.3) is 0 Å². The van der Waals surface area contributed by atoms with E-state index in [1.807, 2.05) is 7.05 Å². The summed E-state index contributed by atoms with van der Waals surface area (Å²) in [7, 11) is 1.83. The van der Waals surface area contributed by atoms with E-state index in [2.05, 4.69) is 34.6 Å². The van der Waals surface area contributed by atoms with Crippen LogP contribution in [-0.2, 0) is 13.5 Å². The predicted octanol–water partition coefficient (Wildman–Crippen LogP) is 1.95. The van der Waals surface area contributed by atoms with Gasteiger partial charge in [-0.2, -0.15) is 4.80 Å². The zero-order valence-corrected chi connectivity index (χ0v) is 12.5. The number of hydrogen-bond acceptors (Lipinski definition) is 4. The average Bonchev–Trinajstić information content (AvgIpc) is 2.64. The second kappa shape index (κ2) is 6.98. The third-order valence-electron chi connectivity index (χ3n) is 4.10. The molecule has 2 atom stereocenters. The van der Waals surface area contributed by atoms with Crippen LogP contribution >= 0.6 is 0 Å². The van der Waals surface area contributed by atoms with Gasteiger partial charge < -0.3 is 5.32 Å². The average molecular weight is 265 g/mol. The summed E-state index contributed by atoms with van der Waals surface area (Å²) in [4.78, 5) is 1.56. The number of nitrogens with zero attached hydrogens (tertiary/aromatic N) is 4. The van der Waals surface area contributed by atoms with Crippen LogP contribution in [0, 0.1) is 11.8 Å². The summed E-state index contributed by atoms with van der Waals surface area (Å²) in [5.74, 6) is 2.37. The van der Waals surface area contributed by atoms with Crippen molar-refractivity contribution < 1.29 is 0 Å². The minimum absolute atomic E-state index is 0.568. The van der Waals surface area contributed by atoms with Crippen molar-refractivity contribution >= 4 is 0 Å². The van der Waals surface area contributed by atoms with Crippen molar-refractivity contribution in [2.45, 2.75) is 58.4 Å². The van der Waals surface area contributed by atoms with E-state index in [0.29, 0.717) is 12.0 Å². The molecule has 1 aromatic heterocycles. The SMILES string of the molecule is CC(C)NCC1CCCCCC1Cc1nnn(C)n1. The standard InChI is InChI=1S/C14H27N5/c1-11(2)15-10-13-8-6-4-5-7-12(13)9-14-16-18-19(3)17-14/h11-13,15H,4-10H2,1-3H3. The Morgan fingerprint density at radius 3 is 2.58 bits per heavy atom. The first-order valence-corrected chi connectivity index (χ1v) is 7.61. The summed E-state index contributed by atoms with van der Waals surface area (Å²) in [5.41, 5.74) is 0. The fourth-order valence-electron chi connectivity index (χ4n) is 3.03. The van der Waals surface area contributed by atoms with Crippen LogP contribution in [0.25, 0.3) is 0 Å². The van der Waals surface area contributed by atoms with Gasteiger partial charge in [-0.1, -0.05) is 33.1 Å². The van der Waals surface area contributed by atoms with Crippen molar-refractivity contribution in [3.8, 4) is 0 Å². The highest BCUT2D eigenvalue weighted by molar-refractivity contribution is 4.86. The third kappa shape index (κ3) is 4.56. The Morgan fingerprint density at radius 2 is 1.95 bits per heavy atom. The molecule has 0 aromatic carbocycles.